The van der Waals surface area contributed by atoms with E-state index in [1.807, 2.05) is 12.3 Å². The monoisotopic (exact) mass is 387 g/mol. The zero-order valence-electron chi connectivity index (χ0n) is 14.4. The van der Waals surface area contributed by atoms with E-state index in [4.69, 9.17) is 0 Å². The molecule has 0 aliphatic carbocycles. The van der Waals surface area contributed by atoms with E-state index >= 15 is 0 Å². The molecule has 26 heavy (non-hydrogen) atoms. The predicted octanol–water partition coefficient (Wildman–Crippen LogP) is 2.70. The average molecular weight is 387 g/mol. The zero-order chi connectivity index (χ0) is 19.0. The van der Waals surface area contributed by atoms with E-state index in [0.29, 0.717) is 19.0 Å². The van der Waals surface area contributed by atoms with Crippen LogP contribution in [-0.4, -0.2) is 42.3 Å². The van der Waals surface area contributed by atoms with Crippen LogP contribution in [0, 0.1) is 6.92 Å². The molecule has 2 rings (SSSR count). The molecule has 0 aromatic carbocycles. The summed E-state index contributed by atoms with van der Waals surface area (Å²) in [5.74, 6) is 0.557. The van der Waals surface area contributed by atoms with Crippen molar-refractivity contribution in [1.29, 1.82) is 0 Å². The van der Waals surface area contributed by atoms with Crippen LogP contribution in [0.4, 0.5) is 13.2 Å². The number of hydrogen-bond donors (Lipinski definition) is 2. The maximum Gasteiger partial charge on any atom is 0.422 e. The van der Waals surface area contributed by atoms with Crippen molar-refractivity contribution in [1.82, 2.24) is 20.6 Å². The highest BCUT2D eigenvalue weighted by Gasteiger charge is 2.28. The number of pyridine rings is 1. The van der Waals surface area contributed by atoms with Crippen LogP contribution in [0.15, 0.2) is 28.7 Å². The number of nitrogens with one attached hydrogen (secondary N) is 2. The Kier molecular flexibility index (Phi) is 7.19. The number of halogens is 3. The van der Waals surface area contributed by atoms with Gasteiger partial charge in [0.05, 0.1) is 10.7 Å². The van der Waals surface area contributed by atoms with Gasteiger partial charge in [-0.1, -0.05) is 6.07 Å². The van der Waals surface area contributed by atoms with E-state index in [0.717, 1.165) is 22.7 Å². The Morgan fingerprint density at radius 2 is 2.12 bits per heavy atom. The lowest BCUT2D eigenvalue weighted by molar-refractivity contribution is -0.154. The number of hydrogen-bond acceptors (Lipinski definition) is 5. The lowest BCUT2D eigenvalue weighted by Crippen LogP contribution is -2.37. The minimum absolute atomic E-state index is 0.0628. The van der Waals surface area contributed by atoms with E-state index in [9.17, 15) is 13.2 Å². The first-order valence-corrected chi connectivity index (χ1v) is 8.73. The molecular formula is C16H20F3N5OS. The molecule has 0 amide bonds. The molecule has 0 saturated heterocycles. The second-order valence-corrected chi connectivity index (χ2v) is 6.43. The number of rotatable bonds is 7. The Hall–Kier alpha value is -2.36. The van der Waals surface area contributed by atoms with Crippen LogP contribution in [-0.2, 0) is 13.0 Å². The van der Waals surface area contributed by atoms with Gasteiger partial charge in [-0.25, -0.2) is 9.97 Å². The van der Waals surface area contributed by atoms with E-state index in [1.165, 1.54) is 12.3 Å². The highest BCUT2D eigenvalue weighted by Crippen LogP contribution is 2.17. The van der Waals surface area contributed by atoms with Gasteiger partial charge in [0.15, 0.2) is 12.6 Å². The zero-order valence-corrected chi connectivity index (χ0v) is 15.2. The van der Waals surface area contributed by atoms with Gasteiger partial charge in [-0.2, -0.15) is 13.2 Å². The minimum Gasteiger partial charge on any atom is -0.468 e. The molecule has 2 aromatic heterocycles. The maximum absolute atomic E-state index is 12.1. The SMILES string of the molecule is CN=C(NCCc1csc(C)n1)NCc1ccc(OCC(F)(F)F)nc1. The van der Waals surface area contributed by atoms with Crippen molar-refractivity contribution in [2.24, 2.45) is 4.99 Å². The Bertz CT molecular complexity index is 715. The standard InChI is InChI=1S/C16H20F3N5OS/c1-11-24-13(9-26-11)5-6-21-15(20-2)23-8-12-3-4-14(22-7-12)25-10-16(17,18)19/h3-4,7,9H,5-6,8,10H2,1-2H3,(H2,20,21,23). The number of aryl methyl sites for hydroxylation is 1. The van der Waals surface area contributed by atoms with Crippen molar-refractivity contribution in [3.05, 3.63) is 40.0 Å². The summed E-state index contributed by atoms with van der Waals surface area (Å²) in [6.07, 6.45) is -2.13. The molecule has 0 fully saturated rings. The van der Waals surface area contributed by atoms with E-state index in [1.54, 1.807) is 24.5 Å². The van der Waals surface area contributed by atoms with Crippen molar-refractivity contribution < 1.29 is 17.9 Å². The number of aromatic nitrogens is 2. The largest absolute Gasteiger partial charge is 0.468 e. The van der Waals surface area contributed by atoms with Crippen LogP contribution in [0.5, 0.6) is 5.88 Å². The number of alkyl halides is 3. The molecule has 2 aromatic rings. The lowest BCUT2D eigenvalue weighted by atomic mass is 10.3. The average Bonchev–Trinajstić information content (AvgIpc) is 3.01. The highest BCUT2D eigenvalue weighted by molar-refractivity contribution is 7.09. The van der Waals surface area contributed by atoms with Gasteiger partial charge in [0, 0.05) is 44.2 Å². The third kappa shape index (κ3) is 7.26. The first-order chi connectivity index (χ1) is 12.4. The molecule has 0 unspecified atom stereocenters. The van der Waals surface area contributed by atoms with Gasteiger partial charge in [-0.3, -0.25) is 4.99 Å². The van der Waals surface area contributed by atoms with Gasteiger partial charge in [-0.15, -0.1) is 11.3 Å². The fourth-order valence-corrected chi connectivity index (χ4v) is 2.64. The topological polar surface area (TPSA) is 71.4 Å². The quantitative estimate of drug-likeness (QED) is 0.565. The molecule has 0 atom stereocenters. The van der Waals surface area contributed by atoms with E-state index in [2.05, 4.69) is 30.3 Å². The third-order valence-corrected chi connectivity index (χ3v) is 4.03. The van der Waals surface area contributed by atoms with Crippen molar-refractivity contribution in [2.45, 2.75) is 26.1 Å². The Balaban J connectivity index is 1.73. The summed E-state index contributed by atoms with van der Waals surface area (Å²) in [7, 11) is 1.66. The number of aliphatic imine (C=N–C) groups is 1. The van der Waals surface area contributed by atoms with Gasteiger partial charge in [-0.05, 0) is 12.5 Å². The lowest BCUT2D eigenvalue weighted by Gasteiger charge is -2.12. The molecule has 2 N–H and O–H groups in total. The van der Waals surface area contributed by atoms with Crippen LogP contribution >= 0.6 is 11.3 Å². The van der Waals surface area contributed by atoms with Crippen LogP contribution in [0.3, 0.4) is 0 Å². The number of ether oxygens (including phenoxy) is 1. The van der Waals surface area contributed by atoms with Crippen molar-refractivity contribution >= 4 is 17.3 Å². The maximum atomic E-state index is 12.1. The Morgan fingerprint density at radius 3 is 2.69 bits per heavy atom. The van der Waals surface area contributed by atoms with Crippen LogP contribution in [0.25, 0.3) is 0 Å². The van der Waals surface area contributed by atoms with E-state index in [-0.39, 0.29) is 5.88 Å². The second-order valence-electron chi connectivity index (χ2n) is 5.37. The first kappa shape index (κ1) is 20.0. The van der Waals surface area contributed by atoms with Crippen LogP contribution in [0.2, 0.25) is 0 Å². The van der Waals surface area contributed by atoms with Crippen molar-refractivity contribution in [3.8, 4) is 5.88 Å². The molecule has 2 heterocycles. The van der Waals surface area contributed by atoms with E-state index < -0.39 is 12.8 Å². The molecule has 0 spiro atoms. The molecule has 10 heteroatoms. The fraction of sp³-hybridized carbons (Fsp3) is 0.438. The highest BCUT2D eigenvalue weighted by atomic mass is 32.1. The Morgan fingerprint density at radius 1 is 1.31 bits per heavy atom. The molecule has 142 valence electrons. The predicted molar refractivity (Wildman–Crippen MR) is 94.5 cm³/mol. The normalized spacial score (nSPS) is 12.1. The molecule has 6 nitrogen and oxygen atoms in total. The second kappa shape index (κ2) is 9.37. The molecule has 0 bridgehead atoms. The van der Waals surface area contributed by atoms with Crippen molar-refractivity contribution in [3.63, 3.8) is 0 Å². The molecule has 0 radical (unpaired) electrons. The summed E-state index contributed by atoms with van der Waals surface area (Å²) in [5.41, 5.74) is 1.83. The smallest absolute Gasteiger partial charge is 0.422 e. The van der Waals surface area contributed by atoms with Gasteiger partial charge in [0.2, 0.25) is 5.88 Å². The van der Waals surface area contributed by atoms with Crippen LogP contribution in [0.1, 0.15) is 16.3 Å². The number of nitrogens with zero attached hydrogens (tertiary/aromatic N) is 3. The van der Waals surface area contributed by atoms with Gasteiger partial charge in [0.1, 0.15) is 0 Å². The third-order valence-electron chi connectivity index (χ3n) is 3.21. The summed E-state index contributed by atoms with van der Waals surface area (Å²) < 4.78 is 40.9. The summed E-state index contributed by atoms with van der Waals surface area (Å²) in [6, 6.07) is 3.06. The first-order valence-electron chi connectivity index (χ1n) is 7.86. The minimum atomic E-state index is -4.38. The van der Waals surface area contributed by atoms with Gasteiger partial charge < -0.3 is 15.4 Å². The summed E-state index contributed by atoms with van der Waals surface area (Å²) in [4.78, 5) is 12.4. The summed E-state index contributed by atoms with van der Waals surface area (Å²) >= 11 is 1.62. The van der Waals surface area contributed by atoms with Crippen LogP contribution < -0.4 is 15.4 Å². The molecule has 0 aliphatic rings. The summed E-state index contributed by atoms with van der Waals surface area (Å²) in [6.45, 7) is 1.73. The van der Waals surface area contributed by atoms with Gasteiger partial charge in [0.25, 0.3) is 0 Å². The molecule has 0 aliphatic heterocycles. The molecule has 0 saturated carbocycles. The van der Waals surface area contributed by atoms with Crippen molar-refractivity contribution in [2.75, 3.05) is 20.2 Å². The Labute approximate surface area is 153 Å². The fourth-order valence-electron chi connectivity index (χ4n) is 2.00. The van der Waals surface area contributed by atoms with Gasteiger partial charge >= 0.3 is 6.18 Å². The summed E-state index contributed by atoms with van der Waals surface area (Å²) in [5, 5.41) is 9.36. The molecular weight excluding hydrogens is 367 g/mol. The number of guanidine groups is 1. The number of thiazole rings is 1.